The van der Waals surface area contributed by atoms with E-state index < -0.39 is 33.2 Å². The second kappa shape index (κ2) is 11.1. The Morgan fingerprint density at radius 3 is 2.53 bits per heavy atom. The zero-order valence-electron chi connectivity index (χ0n) is 22.4. The minimum Gasteiger partial charge on any atom is -0.477 e. The van der Waals surface area contributed by atoms with E-state index in [0.29, 0.717) is 25.1 Å². The van der Waals surface area contributed by atoms with Gasteiger partial charge in [0.25, 0.3) is 0 Å². The number of likely N-dealkylation sites (tertiary alicyclic amines) is 1. The summed E-state index contributed by atoms with van der Waals surface area (Å²) in [5.74, 6) is -1.96. The van der Waals surface area contributed by atoms with Crippen LogP contribution in [0.25, 0.3) is 0 Å². The first-order valence-corrected chi connectivity index (χ1v) is 15.7. The molecule has 3 rings (SSSR count). The fourth-order valence-electron chi connectivity index (χ4n) is 6.02. The minimum absolute atomic E-state index is 0.0154. The number of nitrogens with zero attached hydrogens (tertiary/aromatic N) is 2. The summed E-state index contributed by atoms with van der Waals surface area (Å²) in [5, 5.41) is 21.2. The summed E-state index contributed by atoms with van der Waals surface area (Å²) in [6.45, 7) is 17.0. The van der Waals surface area contributed by atoms with E-state index in [1.165, 1.54) is 15.9 Å². The van der Waals surface area contributed by atoms with Crippen molar-refractivity contribution in [3.8, 4) is 0 Å². The standard InChI is InChI=1S/C26H42N2O7Si/c1-8-12-34-25(33)27-11-9-10-18(27)19(29)13-16-15(2)21-20(23(30)28(21)22(16)24(31)32)17(26(3,4)5)14-35-36(6)7/h8,15,17-21,29,36H,1,9-14H2,2-7H3,(H,31,32)/t15-,17+,18-,19?,20-,21+/m0/s1. The molecule has 0 saturated carbocycles. The van der Waals surface area contributed by atoms with Crippen molar-refractivity contribution >= 4 is 27.0 Å². The number of rotatable bonds is 10. The second-order valence-electron chi connectivity index (χ2n) is 11.6. The summed E-state index contributed by atoms with van der Waals surface area (Å²) < 4.78 is 11.2. The topological polar surface area (TPSA) is 117 Å². The molecular formula is C26H42N2O7Si. The van der Waals surface area contributed by atoms with E-state index in [4.69, 9.17) is 9.16 Å². The molecular weight excluding hydrogens is 480 g/mol. The van der Waals surface area contributed by atoms with Gasteiger partial charge < -0.3 is 29.2 Å². The number of hydrogen-bond acceptors (Lipinski definition) is 6. The van der Waals surface area contributed by atoms with Gasteiger partial charge in [0, 0.05) is 19.1 Å². The van der Waals surface area contributed by atoms with E-state index in [9.17, 15) is 24.6 Å². The lowest BCUT2D eigenvalue weighted by Gasteiger charge is -2.51. The Balaban J connectivity index is 1.83. The number of fused-ring (bicyclic) bond motifs is 1. The van der Waals surface area contributed by atoms with E-state index in [-0.39, 0.29) is 53.8 Å². The van der Waals surface area contributed by atoms with Gasteiger partial charge in [0.15, 0.2) is 9.04 Å². The maximum Gasteiger partial charge on any atom is 0.410 e. The predicted octanol–water partition coefficient (Wildman–Crippen LogP) is 3.00. The highest BCUT2D eigenvalue weighted by Crippen LogP contribution is 2.52. The maximum atomic E-state index is 13.4. The molecule has 2 N–H and O–H groups in total. The number of hydrogen-bond donors (Lipinski definition) is 2. The summed E-state index contributed by atoms with van der Waals surface area (Å²) in [5.41, 5.74) is 0.351. The van der Waals surface area contributed by atoms with Gasteiger partial charge in [0.2, 0.25) is 5.91 Å². The van der Waals surface area contributed by atoms with Crippen LogP contribution in [-0.4, -0.2) is 85.0 Å². The zero-order chi connectivity index (χ0) is 26.9. The van der Waals surface area contributed by atoms with Crippen LogP contribution >= 0.6 is 0 Å². The molecule has 36 heavy (non-hydrogen) atoms. The molecule has 0 aliphatic carbocycles. The minimum atomic E-state index is -1.30. The lowest BCUT2D eigenvalue weighted by Crippen LogP contribution is -2.64. The van der Waals surface area contributed by atoms with Crippen molar-refractivity contribution in [2.24, 2.45) is 23.2 Å². The van der Waals surface area contributed by atoms with Gasteiger partial charge in [-0.3, -0.25) is 4.79 Å². The fraction of sp³-hybridized carbons (Fsp3) is 0.731. The van der Waals surface area contributed by atoms with Crippen molar-refractivity contribution in [1.82, 2.24) is 9.80 Å². The highest BCUT2D eigenvalue weighted by atomic mass is 28.3. The van der Waals surface area contributed by atoms with Crippen molar-refractivity contribution in [2.45, 2.75) is 78.2 Å². The Labute approximate surface area is 215 Å². The van der Waals surface area contributed by atoms with Crippen LogP contribution in [0.15, 0.2) is 23.9 Å². The largest absolute Gasteiger partial charge is 0.477 e. The lowest BCUT2D eigenvalue weighted by atomic mass is 9.64. The van der Waals surface area contributed by atoms with E-state index >= 15 is 0 Å². The van der Waals surface area contributed by atoms with Crippen LogP contribution in [0.4, 0.5) is 4.79 Å². The molecule has 2 amide bonds. The number of carboxylic acid groups (broad SMARTS) is 1. The van der Waals surface area contributed by atoms with Crippen LogP contribution in [0.1, 0.15) is 47.0 Å². The molecule has 9 nitrogen and oxygen atoms in total. The number of aliphatic hydroxyl groups excluding tert-OH is 1. The van der Waals surface area contributed by atoms with Gasteiger partial charge >= 0.3 is 12.1 Å². The number of β-lactam (4-membered cyclic amide) rings is 1. The van der Waals surface area contributed by atoms with Crippen LogP contribution < -0.4 is 0 Å². The Morgan fingerprint density at radius 2 is 1.97 bits per heavy atom. The van der Waals surface area contributed by atoms with Crippen molar-refractivity contribution in [3.05, 3.63) is 23.9 Å². The van der Waals surface area contributed by atoms with Gasteiger partial charge in [-0.15, -0.1) is 0 Å². The molecule has 2 fully saturated rings. The van der Waals surface area contributed by atoms with Gasteiger partial charge in [0.05, 0.1) is 24.1 Å². The third-order valence-corrected chi connectivity index (χ3v) is 8.74. The van der Waals surface area contributed by atoms with E-state index in [1.807, 2.05) is 6.92 Å². The molecule has 3 heterocycles. The van der Waals surface area contributed by atoms with E-state index in [0.717, 1.165) is 6.42 Å². The van der Waals surface area contributed by atoms with Crippen molar-refractivity contribution in [2.75, 3.05) is 19.8 Å². The molecule has 0 bridgehead atoms. The van der Waals surface area contributed by atoms with Gasteiger partial charge in [-0.25, -0.2) is 9.59 Å². The molecule has 0 spiro atoms. The Kier molecular flexibility index (Phi) is 8.73. The smallest absolute Gasteiger partial charge is 0.410 e. The van der Waals surface area contributed by atoms with Crippen molar-refractivity contribution in [3.63, 3.8) is 0 Å². The average Bonchev–Trinajstić information content (AvgIpc) is 3.36. The van der Waals surface area contributed by atoms with Gasteiger partial charge in [-0.05, 0) is 49.3 Å². The number of carboxylic acids is 1. The van der Waals surface area contributed by atoms with Gasteiger partial charge in [-0.2, -0.15) is 0 Å². The third kappa shape index (κ3) is 5.40. The molecule has 3 aliphatic rings. The SMILES string of the molecule is C=CCOC(=O)N1CCC[C@H]1C(O)CC1=C(C(=O)O)N2C(=O)[C@@H]([C@@H](CO[SiH](C)C)C(C)(C)C)[C@H]2[C@H]1C. The molecule has 1 unspecified atom stereocenters. The van der Waals surface area contributed by atoms with E-state index in [2.05, 4.69) is 40.4 Å². The molecule has 0 aromatic heterocycles. The molecule has 3 aliphatic heterocycles. The van der Waals surface area contributed by atoms with Crippen LogP contribution in [0.5, 0.6) is 0 Å². The van der Waals surface area contributed by atoms with Crippen LogP contribution in [0, 0.1) is 23.2 Å². The molecule has 0 radical (unpaired) electrons. The molecule has 0 aromatic carbocycles. The summed E-state index contributed by atoms with van der Waals surface area (Å²) in [4.78, 5) is 41.1. The zero-order valence-corrected chi connectivity index (χ0v) is 23.6. The Morgan fingerprint density at radius 1 is 1.31 bits per heavy atom. The number of carbonyl (C=O) groups excluding carboxylic acids is 2. The summed E-state index contributed by atoms with van der Waals surface area (Å²) in [7, 11) is -1.30. The van der Waals surface area contributed by atoms with Gasteiger partial charge in [0.1, 0.15) is 12.3 Å². The average molecular weight is 523 g/mol. The fourth-order valence-corrected chi connectivity index (χ4v) is 6.61. The molecule has 202 valence electrons. The highest BCUT2D eigenvalue weighted by Gasteiger charge is 2.62. The molecule has 10 heteroatoms. The Hall–Kier alpha value is -2.17. The second-order valence-corrected chi connectivity index (χ2v) is 14.0. The predicted molar refractivity (Wildman–Crippen MR) is 138 cm³/mol. The third-order valence-electron chi connectivity index (χ3n) is 7.88. The normalized spacial score (nSPS) is 27.7. The van der Waals surface area contributed by atoms with Crippen molar-refractivity contribution in [1.29, 1.82) is 0 Å². The summed E-state index contributed by atoms with van der Waals surface area (Å²) in [6.07, 6.45) is 1.43. The highest BCUT2D eigenvalue weighted by molar-refractivity contribution is 6.48. The van der Waals surface area contributed by atoms with Crippen LogP contribution in [-0.2, 0) is 18.8 Å². The molecule has 6 atom stereocenters. The quantitative estimate of drug-likeness (QED) is 0.257. The summed E-state index contributed by atoms with van der Waals surface area (Å²) >= 11 is 0. The molecule has 0 aromatic rings. The maximum absolute atomic E-state index is 13.4. The first kappa shape index (κ1) is 28.4. The summed E-state index contributed by atoms with van der Waals surface area (Å²) in [6, 6.07) is -0.742. The number of aliphatic hydroxyl groups is 1. The van der Waals surface area contributed by atoms with Crippen LogP contribution in [0.3, 0.4) is 0 Å². The monoisotopic (exact) mass is 522 g/mol. The lowest BCUT2D eigenvalue weighted by molar-refractivity contribution is -0.164. The van der Waals surface area contributed by atoms with E-state index in [1.54, 1.807) is 0 Å². The van der Waals surface area contributed by atoms with Gasteiger partial charge in [-0.1, -0.05) is 40.3 Å². The number of amides is 2. The molecule has 2 saturated heterocycles. The number of aliphatic carboxylic acids is 1. The van der Waals surface area contributed by atoms with Crippen LogP contribution in [0.2, 0.25) is 13.1 Å². The first-order valence-electron chi connectivity index (χ1n) is 12.9. The Bertz CT molecular complexity index is 912. The number of carbonyl (C=O) groups is 3. The van der Waals surface area contributed by atoms with Crippen molar-refractivity contribution < 1.29 is 33.8 Å². The number of ether oxygens (including phenoxy) is 1. The first-order chi connectivity index (χ1) is 16.8.